The molecule has 0 radical (unpaired) electrons. The Morgan fingerprint density at radius 1 is 1.31 bits per heavy atom. The van der Waals surface area contributed by atoms with E-state index in [1.165, 1.54) is 12.3 Å². The Labute approximate surface area is 151 Å². The maximum atomic E-state index is 12.7. The van der Waals surface area contributed by atoms with Crippen LogP contribution in [-0.4, -0.2) is 51.8 Å². The zero-order valence-electron chi connectivity index (χ0n) is 15.3. The molecule has 0 aromatic carbocycles. The van der Waals surface area contributed by atoms with Gasteiger partial charge in [-0.25, -0.2) is 9.36 Å². The van der Waals surface area contributed by atoms with E-state index in [9.17, 15) is 19.3 Å². The van der Waals surface area contributed by atoms with Gasteiger partial charge in [-0.05, 0) is 33.8 Å². The van der Waals surface area contributed by atoms with E-state index in [0.717, 1.165) is 4.57 Å². The van der Waals surface area contributed by atoms with Gasteiger partial charge in [-0.2, -0.15) is 4.98 Å². The second-order valence-electron chi connectivity index (χ2n) is 6.12. The molecule has 0 bridgehead atoms. The van der Waals surface area contributed by atoms with Crippen molar-refractivity contribution in [3.8, 4) is 0 Å². The molecule has 26 heavy (non-hydrogen) atoms. The van der Waals surface area contributed by atoms with E-state index in [1.807, 2.05) is 0 Å². The average molecular weight is 391 g/mol. The van der Waals surface area contributed by atoms with Crippen molar-refractivity contribution in [3.63, 3.8) is 0 Å². The monoisotopic (exact) mass is 391 g/mol. The van der Waals surface area contributed by atoms with Crippen LogP contribution >= 0.6 is 7.60 Å². The Kier molecular flexibility index (Phi) is 8.58. The number of rotatable bonds is 10. The molecular formula is C15H26N3O7P. The van der Waals surface area contributed by atoms with E-state index in [-0.39, 0.29) is 24.4 Å². The molecule has 0 aliphatic carbocycles. The molecule has 0 unspecified atom stereocenters. The fourth-order valence-electron chi connectivity index (χ4n) is 2.00. The van der Waals surface area contributed by atoms with Gasteiger partial charge in [-0.1, -0.05) is 0 Å². The van der Waals surface area contributed by atoms with E-state index in [2.05, 4.69) is 4.98 Å². The SMILES string of the molecule is CC(C)OP(=O)(CO[C@@H](CO)CC(=O)n1ccc(N)nc1=O)OC(C)C. The van der Waals surface area contributed by atoms with Crippen molar-refractivity contribution < 1.29 is 28.3 Å². The van der Waals surface area contributed by atoms with E-state index in [1.54, 1.807) is 27.7 Å². The molecule has 11 heteroatoms. The highest BCUT2D eigenvalue weighted by atomic mass is 31.2. The number of aliphatic hydroxyl groups is 1. The molecule has 1 aromatic heterocycles. The third kappa shape index (κ3) is 7.35. The lowest BCUT2D eigenvalue weighted by atomic mass is 10.2. The molecule has 0 saturated carbocycles. The summed E-state index contributed by atoms with van der Waals surface area (Å²) in [6.07, 6.45) is -1.29. The highest BCUT2D eigenvalue weighted by Gasteiger charge is 2.30. The minimum atomic E-state index is -3.57. The number of carbonyl (C=O) groups excluding carboxylic acids is 1. The Morgan fingerprint density at radius 3 is 2.35 bits per heavy atom. The number of aliphatic hydroxyl groups excluding tert-OH is 1. The van der Waals surface area contributed by atoms with Crippen molar-refractivity contribution in [3.05, 3.63) is 22.7 Å². The first-order valence-corrected chi connectivity index (χ1v) is 9.85. The first-order valence-electron chi connectivity index (χ1n) is 8.13. The summed E-state index contributed by atoms with van der Waals surface area (Å²) in [6, 6.07) is 1.30. The molecule has 0 spiro atoms. The number of hydrogen-bond acceptors (Lipinski definition) is 9. The first-order chi connectivity index (χ1) is 12.1. The summed E-state index contributed by atoms with van der Waals surface area (Å²) in [5.74, 6) is -0.655. The topological polar surface area (TPSA) is 143 Å². The first kappa shape index (κ1) is 22.5. The molecule has 1 aromatic rings. The van der Waals surface area contributed by atoms with E-state index in [0.29, 0.717) is 0 Å². The molecule has 3 N–H and O–H groups in total. The molecule has 10 nitrogen and oxygen atoms in total. The Balaban J connectivity index is 2.77. The molecule has 0 aliphatic rings. The second kappa shape index (κ2) is 9.94. The van der Waals surface area contributed by atoms with Gasteiger partial charge >= 0.3 is 13.3 Å². The molecule has 0 aliphatic heterocycles. The summed E-state index contributed by atoms with van der Waals surface area (Å²) in [5.41, 5.74) is 4.54. The van der Waals surface area contributed by atoms with Gasteiger partial charge < -0.3 is 24.6 Å². The maximum Gasteiger partial charge on any atom is 0.356 e. The van der Waals surface area contributed by atoms with Crippen molar-refractivity contribution in [2.45, 2.75) is 52.4 Å². The number of carbonyl (C=O) groups is 1. The minimum Gasteiger partial charge on any atom is -0.394 e. The number of hydrogen-bond donors (Lipinski definition) is 2. The molecule has 0 amide bonds. The summed E-state index contributed by atoms with van der Waals surface area (Å²) in [4.78, 5) is 27.3. The summed E-state index contributed by atoms with van der Waals surface area (Å²) in [7, 11) is -3.57. The van der Waals surface area contributed by atoms with Crippen LogP contribution in [0.2, 0.25) is 0 Å². The molecule has 1 heterocycles. The summed E-state index contributed by atoms with van der Waals surface area (Å²) < 4.78 is 29.5. The Hall–Kier alpha value is -1.58. The Morgan fingerprint density at radius 2 is 1.88 bits per heavy atom. The minimum absolute atomic E-state index is 0.00776. The van der Waals surface area contributed by atoms with Crippen molar-refractivity contribution in [2.75, 3.05) is 18.7 Å². The number of ether oxygens (including phenoxy) is 1. The highest BCUT2D eigenvalue weighted by molar-refractivity contribution is 7.53. The predicted octanol–water partition coefficient (Wildman–Crippen LogP) is 1.23. The molecule has 148 valence electrons. The largest absolute Gasteiger partial charge is 0.394 e. The standard InChI is InChI=1S/C15H26N3O7P/c1-10(2)24-26(22,25-11(3)4)9-23-12(8-19)7-14(20)18-6-5-13(16)17-15(18)21/h5-6,10-12,19H,7-9H2,1-4H3,(H2,16,17,21)/t12-/m1/s1. The van der Waals surface area contributed by atoms with Crippen molar-refractivity contribution >= 4 is 19.3 Å². The third-order valence-corrected chi connectivity index (χ3v) is 4.86. The lowest BCUT2D eigenvalue weighted by molar-refractivity contribution is 0.0141. The lowest BCUT2D eigenvalue weighted by Crippen LogP contribution is -2.33. The summed E-state index contributed by atoms with van der Waals surface area (Å²) in [6.45, 7) is 6.27. The van der Waals surface area contributed by atoms with Crippen molar-refractivity contribution in [1.29, 1.82) is 0 Å². The van der Waals surface area contributed by atoms with Crippen molar-refractivity contribution in [1.82, 2.24) is 9.55 Å². The molecule has 0 saturated heterocycles. The molecule has 1 rings (SSSR count). The van der Waals surface area contributed by atoms with E-state index in [4.69, 9.17) is 19.5 Å². The Bertz CT molecular complexity index is 691. The number of anilines is 1. The molecular weight excluding hydrogens is 365 g/mol. The van der Waals surface area contributed by atoms with Crippen LogP contribution in [0.5, 0.6) is 0 Å². The van der Waals surface area contributed by atoms with Gasteiger partial charge in [-0.15, -0.1) is 0 Å². The fraction of sp³-hybridized carbons (Fsp3) is 0.667. The molecule has 0 fully saturated rings. The highest BCUT2D eigenvalue weighted by Crippen LogP contribution is 2.50. The predicted molar refractivity (Wildman–Crippen MR) is 95.0 cm³/mol. The van der Waals surface area contributed by atoms with Gasteiger partial charge in [0.25, 0.3) is 0 Å². The number of aromatic nitrogens is 2. The van der Waals surface area contributed by atoms with E-state index >= 15 is 0 Å². The van der Waals surface area contributed by atoms with Crippen LogP contribution in [0.25, 0.3) is 0 Å². The third-order valence-electron chi connectivity index (χ3n) is 2.91. The van der Waals surface area contributed by atoms with Crippen LogP contribution < -0.4 is 11.4 Å². The van der Waals surface area contributed by atoms with Crippen LogP contribution in [0.4, 0.5) is 5.82 Å². The average Bonchev–Trinajstić information content (AvgIpc) is 2.49. The number of nitrogens with zero attached hydrogens (tertiary/aromatic N) is 2. The zero-order valence-corrected chi connectivity index (χ0v) is 16.2. The number of nitrogens with two attached hydrogens (primary N) is 1. The summed E-state index contributed by atoms with van der Waals surface area (Å²) in [5, 5.41) is 9.42. The second-order valence-corrected chi connectivity index (χ2v) is 8.02. The van der Waals surface area contributed by atoms with Gasteiger partial charge in [0.2, 0.25) is 5.91 Å². The normalized spacial score (nSPS) is 13.3. The fourth-order valence-corrected chi connectivity index (χ4v) is 3.85. The van der Waals surface area contributed by atoms with Crippen LogP contribution in [0, 0.1) is 0 Å². The summed E-state index contributed by atoms with van der Waals surface area (Å²) >= 11 is 0. The van der Waals surface area contributed by atoms with Crippen LogP contribution in [0.3, 0.4) is 0 Å². The lowest BCUT2D eigenvalue weighted by Gasteiger charge is -2.24. The molecule has 1 atom stereocenters. The maximum absolute atomic E-state index is 12.7. The van der Waals surface area contributed by atoms with Crippen LogP contribution in [0.1, 0.15) is 38.9 Å². The van der Waals surface area contributed by atoms with E-state index < -0.39 is 38.3 Å². The number of nitrogen functional groups attached to an aromatic ring is 1. The van der Waals surface area contributed by atoms with Gasteiger partial charge in [-0.3, -0.25) is 9.36 Å². The van der Waals surface area contributed by atoms with Crippen LogP contribution in [-0.2, 0) is 18.3 Å². The van der Waals surface area contributed by atoms with Gasteiger partial charge in [0.1, 0.15) is 12.2 Å². The van der Waals surface area contributed by atoms with Gasteiger partial charge in [0.05, 0.1) is 31.3 Å². The quantitative estimate of drug-likeness (QED) is 0.563. The smallest absolute Gasteiger partial charge is 0.356 e. The zero-order chi connectivity index (χ0) is 19.9. The van der Waals surface area contributed by atoms with Gasteiger partial charge in [0, 0.05) is 6.20 Å². The van der Waals surface area contributed by atoms with Crippen LogP contribution in [0.15, 0.2) is 17.1 Å². The van der Waals surface area contributed by atoms with Gasteiger partial charge in [0.15, 0.2) is 0 Å². The van der Waals surface area contributed by atoms with Crippen molar-refractivity contribution in [2.24, 2.45) is 0 Å².